The molecule has 1 atom stereocenters. The molecule has 3 rings (SSSR count). The zero-order chi connectivity index (χ0) is 14.8. The van der Waals surface area contributed by atoms with Crippen LogP contribution in [0.5, 0.6) is 0 Å². The third kappa shape index (κ3) is 2.45. The monoisotopic (exact) mass is 279 g/mol. The molecular formula is C18H21N3. The Morgan fingerprint density at radius 2 is 1.67 bits per heavy atom. The molecule has 0 aliphatic carbocycles. The molecule has 0 spiro atoms. The van der Waals surface area contributed by atoms with Gasteiger partial charge in [0.1, 0.15) is 11.9 Å². The Balaban J connectivity index is 2.24. The molecule has 0 saturated heterocycles. The number of hydrogen-bond donors (Lipinski definition) is 0. The zero-order valence-corrected chi connectivity index (χ0v) is 12.8. The summed E-state index contributed by atoms with van der Waals surface area (Å²) in [6.07, 6.45) is 1.29. The van der Waals surface area contributed by atoms with Crippen molar-refractivity contribution >= 4 is 10.9 Å². The molecule has 0 radical (unpaired) electrons. The van der Waals surface area contributed by atoms with Gasteiger partial charge >= 0.3 is 0 Å². The fourth-order valence-electron chi connectivity index (χ4n) is 2.88. The van der Waals surface area contributed by atoms with Crippen molar-refractivity contribution in [1.29, 1.82) is 0 Å². The number of hydrogen-bond acceptors (Lipinski definition) is 2. The topological polar surface area (TPSA) is 21.1 Å². The Labute approximate surface area is 125 Å². The molecule has 0 aliphatic rings. The van der Waals surface area contributed by atoms with Gasteiger partial charge in [-0.25, -0.2) is 4.68 Å². The average Bonchev–Trinajstić information content (AvgIpc) is 2.88. The molecule has 0 bridgehead atoms. The maximum atomic E-state index is 4.93. The minimum Gasteiger partial charge on any atom is -0.288 e. The second kappa shape index (κ2) is 5.70. The van der Waals surface area contributed by atoms with Crippen molar-refractivity contribution in [3.63, 3.8) is 0 Å². The average molecular weight is 279 g/mol. The number of fused-ring (bicyclic) bond motifs is 1. The molecule has 1 heterocycles. The van der Waals surface area contributed by atoms with Crippen molar-refractivity contribution in [2.75, 3.05) is 14.1 Å². The van der Waals surface area contributed by atoms with Crippen molar-refractivity contribution in [2.24, 2.45) is 0 Å². The number of rotatable bonds is 4. The summed E-state index contributed by atoms with van der Waals surface area (Å²) in [6, 6.07) is 18.9. The molecule has 1 unspecified atom stereocenters. The number of benzene rings is 2. The Kier molecular flexibility index (Phi) is 3.76. The molecule has 0 saturated carbocycles. The van der Waals surface area contributed by atoms with Crippen molar-refractivity contribution in [1.82, 2.24) is 14.7 Å². The van der Waals surface area contributed by atoms with E-state index in [4.69, 9.17) is 5.10 Å². The quantitative estimate of drug-likeness (QED) is 0.714. The normalized spacial score (nSPS) is 13.0. The summed E-state index contributed by atoms with van der Waals surface area (Å²) in [4.78, 5) is 2.22. The maximum Gasteiger partial charge on any atom is 0.104 e. The van der Waals surface area contributed by atoms with Gasteiger partial charge in [0, 0.05) is 10.9 Å². The second-order valence-corrected chi connectivity index (χ2v) is 5.53. The summed E-state index contributed by atoms with van der Waals surface area (Å²) in [5, 5.41) is 6.14. The molecule has 0 amide bonds. The van der Waals surface area contributed by atoms with E-state index in [0.29, 0.717) is 0 Å². The van der Waals surface area contributed by atoms with Crippen LogP contribution in [0, 0.1) is 0 Å². The van der Waals surface area contributed by atoms with E-state index in [9.17, 15) is 0 Å². The van der Waals surface area contributed by atoms with Crippen molar-refractivity contribution < 1.29 is 0 Å². The largest absolute Gasteiger partial charge is 0.288 e. The second-order valence-electron chi connectivity index (χ2n) is 5.53. The van der Waals surface area contributed by atoms with Gasteiger partial charge in [-0.1, -0.05) is 55.5 Å². The molecule has 0 N–H and O–H groups in total. The van der Waals surface area contributed by atoms with Gasteiger partial charge in [0.2, 0.25) is 0 Å². The number of para-hydroxylation sites is 1. The van der Waals surface area contributed by atoms with Gasteiger partial charge in [-0.2, -0.15) is 5.10 Å². The van der Waals surface area contributed by atoms with Crippen molar-refractivity contribution in [2.45, 2.75) is 19.5 Å². The Bertz CT molecular complexity index is 729. The van der Waals surface area contributed by atoms with Crippen LogP contribution in [0.1, 0.15) is 19.5 Å². The van der Waals surface area contributed by atoms with E-state index in [1.807, 2.05) is 6.07 Å². The van der Waals surface area contributed by atoms with Gasteiger partial charge < -0.3 is 0 Å². The first-order chi connectivity index (χ1) is 10.2. The van der Waals surface area contributed by atoms with E-state index >= 15 is 0 Å². The van der Waals surface area contributed by atoms with Gasteiger partial charge in [0.15, 0.2) is 0 Å². The van der Waals surface area contributed by atoms with E-state index in [0.717, 1.165) is 12.1 Å². The van der Waals surface area contributed by atoms with Crippen LogP contribution in [0.2, 0.25) is 0 Å². The first-order valence-corrected chi connectivity index (χ1v) is 7.41. The van der Waals surface area contributed by atoms with Crippen LogP contribution < -0.4 is 0 Å². The minimum atomic E-state index is 0.271. The van der Waals surface area contributed by atoms with Gasteiger partial charge in [-0.15, -0.1) is 0 Å². The van der Waals surface area contributed by atoms with Crippen molar-refractivity contribution in [3.05, 3.63) is 54.6 Å². The lowest BCUT2D eigenvalue weighted by atomic mass is 10.1. The summed E-state index contributed by atoms with van der Waals surface area (Å²) in [5.74, 6) is 0. The Morgan fingerprint density at radius 1 is 1.00 bits per heavy atom. The van der Waals surface area contributed by atoms with Crippen molar-refractivity contribution in [3.8, 4) is 11.3 Å². The number of aromatic nitrogens is 2. The van der Waals surface area contributed by atoms with E-state index in [1.54, 1.807) is 0 Å². The Morgan fingerprint density at radius 3 is 2.33 bits per heavy atom. The molecule has 2 aromatic carbocycles. The lowest BCUT2D eigenvalue weighted by molar-refractivity contribution is 0.199. The summed E-state index contributed by atoms with van der Waals surface area (Å²) in [6.45, 7) is 2.20. The van der Waals surface area contributed by atoms with Gasteiger partial charge in [-0.05, 0) is 26.6 Å². The fourth-order valence-corrected chi connectivity index (χ4v) is 2.88. The highest BCUT2D eigenvalue weighted by Crippen LogP contribution is 2.30. The third-order valence-corrected chi connectivity index (χ3v) is 3.90. The zero-order valence-electron chi connectivity index (χ0n) is 12.8. The fraction of sp³-hybridized carbons (Fsp3) is 0.278. The highest BCUT2D eigenvalue weighted by Gasteiger charge is 2.18. The smallest absolute Gasteiger partial charge is 0.104 e. The maximum absolute atomic E-state index is 4.93. The van der Waals surface area contributed by atoms with Crippen LogP contribution in [-0.2, 0) is 0 Å². The third-order valence-electron chi connectivity index (χ3n) is 3.90. The predicted molar refractivity (Wildman–Crippen MR) is 88.2 cm³/mol. The summed E-state index contributed by atoms with van der Waals surface area (Å²) in [7, 11) is 4.21. The molecular weight excluding hydrogens is 258 g/mol. The summed E-state index contributed by atoms with van der Waals surface area (Å²) >= 11 is 0. The standard InChI is InChI=1S/C18H21N3/c1-4-17(20(2)3)21-16-13-9-8-12-15(16)18(19-21)14-10-6-5-7-11-14/h5-13,17H,4H2,1-3H3. The van der Waals surface area contributed by atoms with E-state index in [2.05, 4.69) is 79.1 Å². The molecule has 108 valence electrons. The van der Waals surface area contributed by atoms with Gasteiger partial charge in [0.25, 0.3) is 0 Å². The van der Waals surface area contributed by atoms with E-state index < -0.39 is 0 Å². The molecule has 0 aliphatic heterocycles. The lowest BCUT2D eigenvalue weighted by Gasteiger charge is -2.24. The highest BCUT2D eigenvalue weighted by molar-refractivity contribution is 5.93. The van der Waals surface area contributed by atoms with Crippen LogP contribution in [0.4, 0.5) is 0 Å². The minimum absolute atomic E-state index is 0.271. The summed E-state index contributed by atoms with van der Waals surface area (Å²) < 4.78 is 2.15. The molecule has 3 heteroatoms. The van der Waals surface area contributed by atoms with Crippen LogP contribution in [0.3, 0.4) is 0 Å². The van der Waals surface area contributed by atoms with Crippen LogP contribution >= 0.6 is 0 Å². The van der Waals surface area contributed by atoms with Crippen LogP contribution in [-0.4, -0.2) is 28.8 Å². The predicted octanol–water partition coefficient (Wildman–Crippen LogP) is 4.17. The Hall–Kier alpha value is -2.13. The van der Waals surface area contributed by atoms with Gasteiger partial charge in [0.05, 0.1) is 5.52 Å². The highest BCUT2D eigenvalue weighted by atomic mass is 15.4. The van der Waals surface area contributed by atoms with Crippen LogP contribution in [0.15, 0.2) is 54.6 Å². The van der Waals surface area contributed by atoms with E-state index in [1.165, 1.54) is 16.5 Å². The molecule has 3 nitrogen and oxygen atoms in total. The molecule has 21 heavy (non-hydrogen) atoms. The van der Waals surface area contributed by atoms with Crippen LogP contribution in [0.25, 0.3) is 22.2 Å². The van der Waals surface area contributed by atoms with Gasteiger partial charge in [-0.3, -0.25) is 4.90 Å². The lowest BCUT2D eigenvalue weighted by Crippen LogP contribution is -2.25. The van der Waals surface area contributed by atoms with E-state index in [-0.39, 0.29) is 6.17 Å². The SMILES string of the molecule is CCC(N(C)C)n1nc(-c2ccccc2)c2ccccc21. The molecule has 3 aromatic rings. The first-order valence-electron chi connectivity index (χ1n) is 7.41. The molecule has 0 fully saturated rings. The first kappa shape index (κ1) is 13.8. The summed E-state index contributed by atoms with van der Waals surface area (Å²) in [5.41, 5.74) is 3.42. The molecule has 1 aromatic heterocycles. The number of nitrogens with zero attached hydrogens (tertiary/aromatic N) is 3.